The second-order valence-corrected chi connectivity index (χ2v) is 5.19. The van der Waals surface area contributed by atoms with Gasteiger partial charge in [0.25, 0.3) is 0 Å². The lowest BCUT2D eigenvalue weighted by Crippen LogP contribution is -2.09. The number of aryl methyl sites for hydroxylation is 1. The van der Waals surface area contributed by atoms with Gasteiger partial charge in [-0.05, 0) is 42.5 Å². The molecule has 0 heterocycles. The summed E-state index contributed by atoms with van der Waals surface area (Å²) in [7, 11) is 0. The molecule has 0 aromatic heterocycles. The third-order valence-electron chi connectivity index (χ3n) is 2.69. The third kappa shape index (κ3) is 3.62. The van der Waals surface area contributed by atoms with E-state index in [1.807, 2.05) is 13.0 Å². The van der Waals surface area contributed by atoms with Gasteiger partial charge < -0.3 is 5.11 Å². The van der Waals surface area contributed by atoms with Crippen LogP contribution in [0.25, 0.3) is 0 Å². The van der Waals surface area contributed by atoms with Gasteiger partial charge in [-0.25, -0.2) is 0 Å². The van der Waals surface area contributed by atoms with Gasteiger partial charge in [0.1, 0.15) is 0 Å². The standard InChI is InChI=1S/C13H19BrO/c1-4-5-10(3)13(15)11-6-9(2)7-12(14)8-11/h6-8,10,13,15H,4-5H2,1-3H3. The molecule has 1 aromatic rings. The molecule has 15 heavy (non-hydrogen) atoms. The quantitative estimate of drug-likeness (QED) is 0.869. The van der Waals surface area contributed by atoms with E-state index in [9.17, 15) is 5.11 Å². The van der Waals surface area contributed by atoms with Gasteiger partial charge in [-0.15, -0.1) is 0 Å². The molecule has 0 radical (unpaired) electrons. The second-order valence-electron chi connectivity index (χ2n) is 4.27. The van der Waals surface area contributed by atoms with E-state index in [0.717, 1.165) is 22.9 Å². The first-order valence-electron chi connectivity index (χ1n) is 5.49. The van der Waals surface area contributed by atoms with Gasteiger partial charge in [-0.1, -0.05) is 42.3 Å². The number of hydrogen-bond acceptors (Lipinski definition) is 1. The summed E-state index contributed by atoms with van der Waals surface area (Å²) in [6.45, 7) is 6.30. The Morgan fingerprint density at radius 1 is 1.33 bits per heavy atom. The summed E-state index contributed by atoms with van der Waals surface area (Å²) in [5.41, 5.74) is 2.20. The number of benzene rings is 1. The van der Waals surface area contributed by atoms with Gasteiger partial charge in [0.15, 0.2) is 0 Å². The number of aliphatic hydroxyl groups excluding tert-OH is 1. The minimum atomic E-state index is -0.346. The molecule has 0 aliphatic heterocycles. The predicted octanol–water partition coefficient (Wildman–Crippen LogP) is 4.23. The molecule has 0 saturated heterocycles. The maximum Gasteiger partial charge on any atom is 0.0816 e. The van der Waals surface area contributed by atoms with Crippen LogP contribution in [-0.2, 0) is 0 Å². The van der Waals surface area contributed by atoms with Crippen molar-refractivity contribution < 1.29 is 5.11 Å². The number of halogens is 1. The summed E-state index contributed by atoms with van der Waals surface area (Å²) in [6.07, 6.45) is 1.83. The Morgan fingerprint density at radius 2 is 2.00 bits per heavy atom. The number of hydrogen-bond donors (Lipinski definition) is 1. The van der Waals surface area contributed by atoms with Crippen LogP contribution in [0.4, 0.5) is 0 Å². The molecule has 0 aliphatic carbocycles. The smallest absolute Gasteiger partial charge is 0.0816 e. The van der Waals surface area contributed by atoms with Crippen molar-refractivity contribution in [1.82, 2.24) is 0 Å². The average Bonchev–Trinajstić information content (AvgIpc) is 2.15. The molecule has 2 heteroatoms. The summed E-state index contributed by atoms with van der Waals surface area (Å²) in [6, 6.07) is 6.12. The van der Waals surface area contributed by atoms with Crippen molar-refractivity contribution in [2.45, 2.75) is 39.7 Å². The fraction of sp³-hybridized carbons (Fsp3) is 0.538. The zero-order valence-corrected chi connectivity index (χ0v) is 11.2. The molecule has 1 N–H and O–H groups in total. The minimum Gasteiger partial charge on any atom is -0.388 e. The van der Waals surface area contributed by atoms with E-state index in [1.165, 1.54) is 5.56 Å². The highest BCUT2D eigenvalue weighted by atomic mass is 79.9. The Bertz CT molecular complexity index is 302. The molecular formula is C13H19BrO. The van der Waals surface area contributed by atoms with Crippen LogP contribution in [0.5, 0.6) is 0 Å². The zero-order chi connectivity index (χ0) is 11.4. The van der Waals surface area contributed by atoms with Crippen molar-refractivity contribution in [3.05, 3.63) is 33.8 Å². The van der Waals surface area contributed by atoms with E-state index < -0.39 is 0 Å². The molecule has 1 aromatic carbocycles. The Hall–Kier alpha value is -0.340. The van der Waals surface area contributed by atoms with Crippen LogP contribution in [-0.4, -0.2) is 5.11 Å². The van der Waals surface area contributed by atoms with Crippen molar-refractivity contribution in [2.24, 2.45) is 5.92 Å². The zero-order valence-electron chi connectivity index (χ0n) is 9.63. The molecule has 1 rings (SSSR count). The first-order valence-corrected chi connectivity index (χ1v) is 6.29. The Kier molecular flexibility index (Phi) is 4.81. The molecule has 0 fully saturated rings. The normalized spacial score (nSPS) is 15.0. The Balaban J connectivity index is 2.85. The number of rotatable bonds is 4. The summed E-state index contributed by atoms with van der Waals surface area (Å²) in [5.74, 6) is 0.323. The molecule has 2 atom stereocenters. The van der Waals surface area contributed by atoms with E-state index in [1.54, 1.807) is 0 Å². The van der Waals surface area contributed by atoms with Crippen molar-refractivity contribution in [1.29, 1.82) is 0 Å². The molecule has 0 saturated carbocycles. The van der Waals surface area contributed by atoms with Crippen LogP contribution >= 0.6 is 15.9 Å². The third-order valence-corrected chi connectivity index (χ3v) is 3.15. The maximum atomic E-state index is 10.1. The highest BCUT2D eigenvalue weighted by Crippen LogP contribution is 2.28. The highest BCUT2D eigenvalue weighted by molar-refractivity contribution is 9.10. The van der Waals surface area contributed by atoms with Crippen molar-refractivity contribution >= 4 is 15.9 Å². The topological polar surface area (TPSA) is 20.2 Å². The lowest BCUT2D eigenvalue weighted by molar-refractivity contribution is 0.112. The lowest BCUT2D eigenvalue weighted by Gasteiger charge is -2.19. The first-order chi connectivity index (χ1) is 7.04. The Morgan fingerprint density at radius 3 is 2.53 bits per heavy atom. The monoisotopic (exact) mass is 270 g/mol. The molecule has 0 bridgehead atoms. The predicted molar refractivity (Wildman–Crippen MR) is 67.9 cm³/mol. The van der Waals surface area contributed by atoms with E-state index >= 15 is 0 Å². The molecule has 2 unspecified atom stereocenters. The van der Waals surface area contributed by atoms with Crippen LogP contribution < -0.4 is 0 Å². The van der Waals surface area contributed by atoms with Gasteiger partial charge >= 0.3 is 0 Å². The van der Waals surface area contributed by atoms with E-state index in [-0.39, 0.29) is 6.10 Å². The van der Waals surface area contributed by atoms with Crippen molar-refractivity contribution in [3.63, 3.8) is 0 Å². The summed E-state index contributed by atoms with van der Waals surface area (Å²) in [4.78, 5) is 0. The van der Waals surface area contributed by atoms with E-state index in [0.29, 0.717) is 5.92 Å². The van der Waals surface area contributed by atoms with Crippen molar-refractivity contribution in [2.75, 3.05) is 0 Å². The second kappa shape index (κ2) is 5.66. The Labute approximate surface area is 101 Å². The number of aliphatic hydroxyl groups is 1. The van der Waals surface area contributed by atoms with Crippen LogP contribution in [0.15, 0.2) is 22.7 Å². The summed E-state index contributed by atoms with van der Waals surface area (Å²) in [5, 5.41) is 10.1. The van der Waals surface area contributed by atoms with E-state index in [2.05, 4.69) is 41.9 Å². The average molecular weight is 271 g/mol. The van der Waals surface area contributed by atoms with Gasteiger partial charge in [0.05, 0.1) is 6.10 Å². The van der Waals surface area contributed by atoms with Gasteiger partial charge in [0.2, 0.25) is 0 Å². The van der Waals surface area contributed by atoms with Gasteiger partial charge in [-0.2, -0.15) is 0 Å². The summed E-state index contributed by atoms with van der Waals surface area (Å²) < 4.78 is 1.04. The minimum absolute atomic E-state index is 0.323. The van der Waals surface area contributed by atoms with Gasteiger partial charge in [-0.3, -0.25) is 0 Å². The van der Waals surface area contributed by atoms with Gasteiger partial charge in [0, 0.05) is 4.47 Å². The van der Waals surface area contributed by atoms with Crippen LogP contribution in [0.3, 0.4) is 0 Å². The van der Waals surface area contributed by atoms with E-state index in [4.69, 9.17) is 0 Å². The van der Waals surface area contributed by atoms with Crippen LogP contribution in [0.1, 0.15) is 43.9 Å². The largest absolute Gasteiger partial charge is 0.388 e. The lowest BCUT2D eigenvalue weighted by atomic mass is 9.93. The maximum absolute atomic E-state index is 10.1. The summed E-state index contributed by atoms with van der Waals surface area (Å²) >= 11 is 3.46. The molecular weight excluding hydrogens is 252 g/mol. The van der Waals surface area contributed by atoms with Crippen molar-refractivity contribution in [3.8, 4) is 0 Å². The fourth-order valence-electron chi connectivity index (χ4n) is 1.88. The van der Waals surface area contributed by atoms with Crippen LogP contribution in [0.2, 0.25) is 0 Å². The molecule has 84 valence electrons. The molecule has 0 spiro atoms. The molecule has 0 aliphatic rings. The highest BCUT2D eigenvalue weighted by Gasteiger charge is 2.15. The van der Waals surface area contributed by atoms with Crippen LogP contribution in [0, 0.1) is 12.8 Å². The SMILES string of the molecule is CCCC(C)C(O)c1cc(C)cc(Br)c1. The molecule has 0 amide bonds. The fourth-order valence-corrected chi connectivity index (χ4v) is 2.50. The molecule has 1 nitrogen and oxygen atoms in total. The first kappa shape index (κ1) is 12.7.